The standard InChI is InChI=1S/C17H16ClNO3S/c1-11-4-3-5-15(12(11)2)19-16(20)10-23(21,22)17(19)13-6-8-14(18)9-7-13/h3-9,17H,10H2,1-2H3/t17-/m1/s1. The van der Waals surface area contributed by atoms with E-state index in [1.807, 2.05) is 26.0 Å². The van der Waals surface area contributed by atoms with Crippen molar-refractivity contribution in [3.05, 3.63) is 64.2 Å². The number of aryl methyl sites for hydroxylation is 1. The van der Waals surface area contributed by atoms with E-state index < -0.39 is 26.9 Å². The summed E-state index contributed by atoms with van der Waals surface area (Å²) < 4.78 is 25.1. The number of hydrogen-bond acceptors (Lipinski definition) is 3. The largest absolute Gasteiger partial charge is 0.289 e. The van der Waals surface area contributed by atoms with Crippen LogP contribution in [0.25, 0.3) is 0 Å². The second-order valence-corrected chi connectivity index (χ2v) is 8.19. The van der Waals surface area contributed by atoms with Crippen LogP contribution in [0.1, 0.15) is 22.1 Å². The molecule has 1 fully saturated rings. The molecular weight excluding hydrogens is 334 g/mol. The van der Waals surface area contributed by atoms with Gasteiger partial charge in [-0.15, -0.1) is 0 Å². The van der Waals surface area contributed by atoms with Crippen LogP contribution in [0.2, 0.25) is 5.02 Å². The van der Waals surface area contributed by atoms with Crippen LogP contribution in [0, 0.1) is 13.8 Å². The third kappa shape index (κ3) is 2.75. The number of nitrogens with zero attached hydrogens (tertiary/aromatic N) is 1. The van der Waals surface area contributed by atoms with Crippen molar-refractivity contribution in [2.24, 2.45) is 0 Å². The van der Waals surface area contributed by atoms with Crippen molar-refractivity contribution in [1.82, 2.24) is 0 Å². The minimum atomic E-state index is -3.60. The van der Waals surface area contributed by atoms with Crippen molar-refractivity contribution in [2.45, 2.75) is 19.2 Å². The number of anilines is 1. The van der Waals surface area contributed by atoms with Gasteiger partial charge in [0.25, 0.3) is 0 Å². The molecule has 0 spiro atoms. The molecule has 1 aliphatic heterocycles. The van der Waals surface area contributed by atoms with Crippen molar-refractivity contribution < 1.29 is 13.2 Å². The first kappa shape index (κ1) is 16.0. The summed E-state index contributed by atoms with van der Waals surface area (Å²) in [5.74, 6) is -0.883. The maximum atomic E-state index is 12.5. The molecule has 0 aliphatic carbocycles. The van der Waals surface area contributed by atoms with Gasteiger partial charge in [0.1, 0.15) is 5.75 Å². The first-order chi connectivity index (χ1) is 10.8. The molecule has 0 aromatic heterocycles. The first-order valence-corrected chi connectivity index (χ1v) is 9.26. The Morgan fingerprint density at radius 3 is 2.39 bits per heavy atom. The molecule has 4 nitrogen and oxygen atoms in total. The lowest BCUT2D eigenvalue weighted by molar-refractivity contribution is -0.115. The van der Waals surface area contributed by atoms with Crippen molar-refractivity contribution in [3.63, 3.8) is 0 Å². The topological polar surface area (TPSA) is 54.5 Å². The minimum absolute atomic E-state index is 0.404. The molecule has 1 atom stereocenters. The lowest BCUT2D eigenvalue weighted by Gasteiger charge is -2.26. The highest BCUT2D eigenvalue weighted by Gasteiger charge is 2.46. The number of benzene rings is 2. The number of rotatable bonds is 2. The molecule has 1 saturated heterocycles. The average Bonchev–Trinajstić information content (AvgIpc) is 2.72. The first-order valence-electron chi connectivity index (χ1n) is 7.16. The maximum Gasteiger partial charge on any atom is 0.243 e. The van der Waals surface area contributed by atoms with E-state index in [9.17, 15) is 13.2 Å². The third-order valence-electron chi connectivity index (χ3n) is 4.16. The Bertz CT molecular complexity index is 875. The Balaban J connectivity index is 2.19. The Morgan fingerprint density at radius 1 is 1.09 bits per heavy atom. The molecule has 0 unspecified atom stereocenters. The van der Waals surface area contributed by atoms with Crippen LogP contribution in [0.15, 0.2) is 42.5 Å². The highest BCUT2D eigenvalue weighted by atomic mass is 35.5. The number of amides is 1. The SMILES string of the molecule is Cc1cccc(N2C(=O)CS(=O)(=O)[C@@H]2c2ccc(Cl)cc2)c1C. The van der Waals surface area contributed by atoms with Gasteiger partial charge in [-0.25, -0.2) is 8.42 Å². The molecule has 2 aromatic rings. The van der Waals surface area contributed by atoms with Gasteiger partial charge in [-0.1, -0.05) is 35.9 Å². The van der Waals surface area contributed by atoms with E-state index >= 15 is 0 Å². The van der Waals surface area contributed by atoms with Gasteiger partial charge in [-0.3, -0.25) is 9.69 Å². The van der Waals surface area contributed by atoms with E-state index in [0.717, 1.165) is 11.1 Å². The number of halogens is 1. The smallest absolute Gasteiger partial charge is 0.243 e. The van der Waals surface area contributed by atoms with E-state index in [0.29, 0.717) is 16.3 Å². The molecule has 0 saturated carbocycles. The van der Waals surface area contributed by atoms with Crippen LogP contribution in [-0.4, -0.2) is 20.1 Å². The lowest BCUT2D eigenvalue weighted by atomic mass is 10.1. The zero-order chi connectivity index (χ0) is 16.8. The number of sulfone groups is 1. The normalized spacial score (nSPS) is 20.0. The fraction of sp³-hybridized carbons (Fsp3) is 0.235. The zero-order valence-corrected chi connectivity index (χ0v) is 14.4. The number of hydrogen-bond donors (Lipinski definition) is 0. The Hall–Kier alpha value is -1.85. The summed E-state index contributed by atoms with van der Waals surface area (Å²) in [6, 6.07) is 12.1. The zero-order valence-electron chi connectivity index (χ0n) is 12.8. The highest BCUT2D eigenvalue weighted by molar-refractivity contribution is 7.93. The van der Waals surface area contributed by atoms with Gasteiger partial charge in [0, 0.05) is 10.7 Å². The van der Waals surface area contributed by atoms with E-state index in [1.165, 1.54) is 4.90 Å². The molecule has 0 N–H and O–H groups in total. The van der Waals surface area contributed by atoms with E-state index in [4.69, 9.17) is 11.6 Å². The molecule has 23 heavy (non-hydrogen) atoms. The quantitative estimate of drug-likeness (QED) is 0.834. The van der Waals surface area contributed by atoms with Gasteiger partial charge in [0.2, 0.25) is 5.91 Å². The number of carbonyl (C=O) groups excluding carboxylic acids is 1. The fourth-order valence-corrected chi connectivity index (χ4v) is 4.74. The summed E-state index contributed by atoms with van der Waals surface area (Å²) in [6.45, 7) is 3.83. The molecule has 120 valence electrons. The number of carbonyl (C=O) groups is 1. The van der Waals surface area contributed by atoms with Crippen LogP contribution < -0.4 is 4.90 Å². The fourth-order valence-electron chi connectivity index (χ4n) is 2.85. The Labute approximate surface area is 140 Å². The predicted molar refractivity (Wildman–Crippen MR) is 91.4 cm³/mol. The Kier molecular flexibility index (Phi) is 3.94. The van der Waals surface area contributed by atoms with Gasteiger partial charge < -0.3 is 0 Å². The maximum absolute atomic E-state index is 12.5. The summed E-state index contributed by atoms with van der Waals surface area (Å²) in [6.07, 6.45) is 0. The van der Waals surface area contributed by atoms with E-state index in [1.54, 1.807) is 30.3 Å². The van der Waals surface area contributed by atoms with Gasteiger partial charge >= 0.3 is 0 Å². The molecule has 2 aromatic carbocycles. The molecule has 1 heterocycles. The van der Waals surface area contributed by atoms with Crippen molar-refractivity contribution in [1.29, 1.82) is 0 Å². The predicted octanol–water partition coefficient (Wildman–Crippen LogP) is 3.42. The third-order valence-corrected chi connectivity index (χ3v) is 6.22. The van der Waals surface area contributed by atoms with Crippen LogP contribution in [0.3, 0.4) is 0 Å². The van der Waals surface area contributed by atoms with Gasteiger partial charge in [-0.05, 0) is 48.7 Å². The summed E-state index contributed by atoms with van der Waals surface area (Å²) in [5, 5.41) is -0.485. The molecule has 1 amide bonds. The van der Waals surface area contributed by atoms with Crippen LogP contribution in [-0.2, 0) is 14.6 Å². The Morgan fingerprint density at radius 2 is 1.74 bits per heavy atom. The van der Waals surface area contributed by atoms with Gasteiger partial charge in [0.05, 0.1) is 0 Å². The highest BCUT2D eigenvalue weighted by Crippen LogP contribution is 2.39. The molecule has 1 aliphatic rings. The minimum Gasteiger partial charge on any atom is -0.289 e. The van der Waals surface area contributed by atoms with E-state index in [2.05, 4.69) is 0 Å². The summed E-state index contributed by atoms with van der Waals surface area (Å²) in [5.41, 5.74) is 3.09. The lowest BCUT2D eigenvalue weighted by Crippen LogP contribution is -2.29. The summed E-state index contributed by atoms with van der Waals surface area (Å²) in [4.78, 5) is 13.8. The van der Waals surface area contributed by atoms with Crippen LogP contribution >= 0.6 is 11.6 Å². The monoisotopic (exact) mass is 349 g/mol. The second-order valence-electron chi connectivity index (χ2n) is 5.69. The van der Waals surface area contributed by atoms with Crippen molar-refractivity contribution in [3.8, 4) is 0 Å². The second kappa shape index (κ2) is 5.65. The molecule has 6 heteroatoms. The summed E-state index contributed by atoms with van der Waals surface area (Å²) >= 11 is 5.89. The average molecular weight is 350 g/mol. The molecular formula is C17H16ClNO3S. The van der Waals surface area contributed by atoms with Crippen molar-refractivity contribution in [2.75, 3.05) is 10.7 Å². The van der Waals surface area contributed by atoms with E-state index in [-0.39, 0.29) is 0 Å². The van der Waals surface area contributed by atoms with Crippen molar-refractivity contribution >= 4 is 33.0 Å². The molecule has 3 rings (SSSR count). The van der Waals surface area contributed by atoms with Crippen LogP contribution in [0.5, 0.6) is 0 Å². The summed E-state index contributed by atoms with van der Waals surface area (Å²) in [7, 11) is -3.60. The molecule has 0 radical (unpaired) electrons. The van der Waals surface area contributed by atoms with Gasteiger partial charge in [-0.2, -0.15) is 0 Å². The van der Waals surface area contributed by atoms with Gasteiger partial charge in [0.15, 0.2) is 15.2 Å². The molecule has 0 bridgehead atoms. The van der Waals surface area contributed by atoms with Crippen LogP contribution in [0.4, 0.5) is 5.69 Å².